The fraction of sp³-hybridized carbons (Fsp3) is 0.500. The Bertz CT molecular complexity index is 513. The zero-order chi connectivity index (χ0) is 15.6. The topological polar surface area (TPSA) is 59.5 Å². The van der Waals surface area contributed by atoms with E-state index in [1.54, 1.807) is 20.8 Å². The maximum Gasteiger partial charge on any atom is 0.411 e. The molecule has 6 heteroatoms. The third-order valence-corrected chi connectivity index (χ3v) is 2.83. The lowest BCUT2D eigenvalue weighted by atomic mass is 9.97. The minimum Gasteiger partial charge on any atom is -0.444 e. The second-order valence-electron chi connectivity index (χ2n) is 5.66. The van der Waals surface area contributed by atoms with Crippen molar-refractivity contribution in [3.63, 3.8) is 0 Å². The fourth-order valence-electron chi connectivity index (χ4n) is 1.51. The first-order valence-corrected chi connectivity index (χ1v) is 6.15. The molecule has 0 aliphatic heterocycles. The van der Waals surface area contributed by atoms with E-state index in [4.69, 9.17) is 4.74 Å². The molecule has 1 rings (SSSR count). The molecule has 0 bridgehead atoms. The largest absolute Gasteiger partial charge is 0.444 e. The predicted molar refractivity (Wildman–Crippen MR) is 71.6 cm³/mol. The maximum absolute atomic E-state index is 13.3. The number of hydrogen-bond acceptors (Lipinski definition) is 4. The molecule has 1 aromatic rings. The van der Waals surface area contributed by atoms with Gasteiger partial charge in [0.2, 0.25) is 0 Å². The van der Waals surface area contributed by atoms with Crippen molar-refractivity contribution < 1.29 is 18.7 Å². The van der Waals surface area contributed by atoms with E-state index in [0.717, 1.165) is 11.0 Å². The molecule has 5 nitrogen and oxygen atoms in total. The maximum atomic E-state index is 13.3. The van der Waals surface area contributed by atoms with Crippen LogP contribution in [0.25, 0.3) is 0 Å². The number of pyridine rings is 1. The Labute approximate surface area is 117 Å². The molecular formula is C14H19FN2O3. The van der Waals surface area contributed by atoms with Crippen molar-refractivity contribution in [3.8, 4) is 0 Å². The normalized spacial score (nSPS) is 14.3. The highest BCUT2D eigenvalue weighted by atomic mass is 19.1. The smallest absolute Gasteiger partial charge is 0.411 e. The molecule has 0 aromatic carbocycles. The number of aldehydes is 1. The first kappa shape index (κ1) is 16.1. The lowest BCUT2D eigenvalue weighted by Gasteiger charge is -2.34. The number of rotatable bonds is 3. The number of carbonyl (C=O) groups is 2. The summed E-state index contributed by atoms with van der Waals surface area (Å²) in [6, 6.07) is 2.29. The summed E-state index contributed by atoms with van der Waals surface area (Å²) in [6.07, 6.45) is 1.10. The number of carbonyl (C=O) groups excluding carboxylic acids is 2. The van der Waals surface area contributed by atoms with Crippen molar-refractivity contribution in [2.24, 2.45) is 0 Å². The van der Waals surface area contributed by atoms with Crippen molar-refractivity contribution >= 4 is 12.4 Å². The summed E-state index contributed by atoms with van der Waals surface area (Å²) in [5.41, 5.74) is -1.95. The van der Waals surface area contributed by atoms with Crippen molar-refractivity contribution in [3.05, 3.63) is 29.8 Å². The van der Waals surface area contributed by atoms with Gasteiger partial charge in [-0.25, -0.2) is 9.18 Å². The van der Waals surface area contributed by atoms with Gasteiger partial charge < -0.3 is 9.53 Å². The van der Waals surface area contributed by atoms with E-state index in [2.05, 4.69) is 4.98 Å². The average molecular weight is 282 g/mol. The fourth-order valence-corrected chi connectivity index (χ4v) is 1.51. The first-order valence-electron chi connectivity index (χ1n) is 6.15. The molecule has 110 valence electrons. The van der Waals surface area contributed by atoms with Crippen LogP contribution in [-0.2, 0) is 15.1 Å². The molecule has 1 atom stereocenters. The van der Waals surface area contributed by atoms with Crippen molar-refractivity contribution in [2.75, 3.05) is 7.05 Å². The van der Waals surface area contributed by atoms with Crippen LogP contribution in [0.5, 0.6) is 0 Å². The lowest BCUT2D eigenvalue weighted by Crippen LogP contribution is -2.48. The van der Waals surface area contributed by atoms with Gasteiger partial charge >= 0.3 is 6.09 Å². The molecule has 1 amide bonds. The van der Waals surface area contributed by atoms with E-state index in [9.17, 15) is 14.0 Å². The highest BCUT2D eigenvalue weighted by Gasteiger charge is 2.38. The minimum absolute atomic E-state index is 0.140. The third-order valence-electron chi connectivity index (χ3n) is 2.83. The van der Waals surface area contributed by atoms with Crippen LogP contribution in [0.2, 0.25) is 0 Å². The number of halogens is 1. The molecule has 0 N–H and O–H groups in total. The van der Waals surface area contributed by atoms with Gasteiger partial charge in [0.05, 0.1) is 5.69 Å². The van der Waals surface area contributed by atoms with Crippen LogP contribution in [-0.4, -0.2) is 34.9 Å². The van der Waals surface area contributed by atoms with Gasteiger partial charge in [0, 0.05) is 13.2 Å². The summed E-state index contributed by atoms with van der Waals surface area (Å²) in [4.78, 5) is 28.5. The highest BCUT2D eigenvalue weighted by Crippen LogP contribution is 2.25. The number of aromatic nitrogens is 1. The standard InChI is InChI=1S/C14H19FN2O3/c1-13(2,3)20-12(19)17(5)14(4,9-18)11-8-10(15)6-7-16-11/h6-9H,1-5H3. The van der Waals surface area contributed by atoms with Crippen LogP contribution in [0, 0.1) is 5.82 Å². The number of amides is 1. The van der Waals surface area contributed by atoms with E-state index in [-0.39, 0.29) is 5.69 Å². The summed E-state index contributed by atoms with van der Waals surface area (Å²) >= 11 is 0. The van der Waals surface area contributed by atoms with E-state index >= 15 is 0 Å². The molecule has 0 fully saturated rings. The molecule has 1 unspecified atom stereocenters. The summed E-state index contributed by atoms with van der Waals surface area (Å²) in [7, 11) is 1.41. The number of hydrogen-bond donors (Lipinski definition) is 0. The van der Waals surface area contributed by atoms with Crippen LogP contribution >= 0.6 is 0 Å². The number of ether oxygens (including phenoxy) is 1. The highest BCUT2D eigenvalue weighted by molar-refractivity contribution is 5.77. The van der Waals surface area contributed by atoms with E-state index in [0.29, 0.717) is 6.29 Å². The van der Waals surface area contributed by atoms with Gasteiger partial charge in [-0.1, -0.05) is 0 Å². The SMILES string of the molecule is CN(C(=O)OC(C)(C)C)C(C)(C=O)c1cc(F)ccn1. The molecule has 20 heavy (non-hydrogen) atoms. The summed E-state index contributed by atoms with van der Waals surface area (Å²) in [5, 5.41) is 0. The zero-order valence-corrected chi connectivity index (χ0v) is 12.3. The first-order chi connectivity index (χ1) is 9.10. The molecular weight excluding hydrogens is 263 g/mol. The Morgan fingerprint density at radius 2 is 2.00 bits per heavy atom. The number of nitrogens with zero attached hydrogens (tertiary/aromatic N) is 2. The molecule has 1 heterocycles. The Kier molecular flexibility index (Phi) is 4.47. The molecule has 0 aliphatic carbocycles. The van der Waals surface area contributed by atoms with Gasteiger partial charge in [-0.05, 0) is 39.8 Å². The lowest BCUT2D eigenvalue weighted by molar-refractivity contribution is -0.117. The van der Waals surface area contributed by atoms with Gasteiger partial charge in [-0.3, -0.25) is 9.88 Å². The van der Waals surface area contributed by atoms with Crippen LogP contribution in [0.4, 0.5) is 9.18 Å². The van der Waals surface area contributed by atoms with Crippen molar-refractivity contribution in [1.82, 2.24) is 9.88 Å². The van der Waals surface area contributed by atoms with Gasteiger partial charge in [0.25, 0.3) is 0 Å². The Hall–Kier alpha value is -1.98. The zero-order valence-electron chi connectivity index (χ0n) is 12.3. The van der Waals surface area contributed by atoms with Gasteiger partial charge in [-0.15, -0.1) is 0 Å². The molecule has 0 aliphatic rings. The molecule has 0 radical (unpaired) electrons. The van der Waals surface area contributed by atoms with Gasteiger partial charge in [0.15, 0.2) is 6.29 Å². The second-order valence-corrected chi connectivity index (χ2v) is 5.66. The van der Waals surface area contributed by atoms with E-state index in [1.807, 2.05) is 0 Å². The van der Waals surface area contributed by atoms with Gasteiger partial charge in [0.1, 0.15) is 17.0 Å². The monoisotopic (exact) mass is 282 g/mol. The van der Waals surface area contributed by atoms with E-state index in [1.165, 1.54) is 26.2 Å². The van der Waals surface area contributed by atoms with Gasteiger partial charge in [-0.2, -0.15) is 0 Å². The van der Waals surface area contributed by atoms with Crippen LogP contribution in [0.3, 0.4) is 0 Å². The Balaban J connectivity index is 3.10. The third kappa shape index (κ3) is 3.53. The minimum atomic E-state index is -1.40. The molecule has 1 aromatic heterocycles. The molecule has 0 saturated heterocycles. The summed E-state index contributed by atoms with van der Waals surface area (Å²) in [6.45, 7) is 6.64. The van der Waals surface area contributed by atoms with Crippen LogP contribution in [0.15, 0.2) is 18.3 Å². The van der Waals surface area contributed by atoms with Crippen LogP contribution in [0.1, 0.15) is 33.4 Å². The van der Waals surface area contributed by atoms with Crippen LogP contribution < -0.4 is 0 Å². The second kappa shape index (κ2) is 5.56. The van der Waals surface area contributed by atoms with E-state index < -0.39 is 23.1 Å². The quantitative estimate of drug-likeness (QED) is 0.799. The Morgan fingerprint density at radius 1 is 1.40 bits per heavy atom. The van der Waals surface area contributed by atoms with Crippen molar-refractivity contribution in [1.29, 1.82) is 0 Å². The number of likely N-dealkylation sites (N-methyl/N-ethyl adjacent to an activating group) is 1. The Morgan fingerprint density at radius 3 is 2.45 bits per heavy atom. The predicted octanol–water partition coefficient (Wildman–Crippen LogP) is 2.50. The molecule has 0 saturated carbocycles. The van der Waals surface area contributed by atoms with Crippen molar-refractivity contribution in [2.45, 2.75) is 38.8 Å². The summed E-state index contributed by atoms with van der Waals surface area (Å²) < 4.78 is 18.5. The average Bonchev–Trinajstić information content (AvgIpc) is 2.34. The molecule has 0 spiro atoms. The summed E-state index contributed by atoms with van der Waals surface area (Å²) in [5.74, 6) is -0.527.